The maximum atomic E-state index is 13.6. The molecule has 5 fully saturated rings. The van der Waals surface area contributed by atoms with E-state index in [0.29, 0.717) is 41.8 Å². The van der Waals surface area contributed by atoms with E-state index < -0.39 is 5.60 Å². The largest absolute Gasteiger partial charge is 0.453 e. The molecule has 4 saturated carbocycles. The van der Waals surface area contributed by atoms with Gasteiger partial charge in [-0.2, -0.15) is 0 Å². The first kappa shape index (κ1) is 22.4. The highest BCUT2D eigenvalue weighted by Gasteiger charge is 2.80. The molecule has 0 N–H and O–H groups in total. The van der Waals surface area contributed by atoms with Crippen LogP contribution in [0.15, 0.2) is 12.2 Å². The van der Waals surface area contributed by atoms with Gasteiger partial charge in [0.15, 0.2) is 0 Å². The predicted octanol–water partition coefficient (Wildman–Crippen LogP) is 6.75. The summed E-state index contributed by atoms with van der Waals surface area (Å²) in [5.74, 6) is 2.83. The minimum Gasteiger partial charge on any atom is -0.453 e. The minimum absolute atomic E-state index is 0.0648. The molecule has 1 saturated heterocycles. The lowest BCUT2D eigenvalue weighted by atomic mass is 9.32. The van der Waals surface area contributed by atoms with Crippen LogP contribution in [0, 0.1) is 56.7 Å². The van der Waals surface area contributed by atoms with Crippen LogP contribution in [-0.2, 0) is 14.3 Å². The molecule has 0 radical (unpaired) electrons. The van der Waals surface area contributed by atoms with Gasteiger partial charge in [-0.15, -0.1) is 0 Å². The van der Waals surface area contributed by atoms with Crippen molar-refractivity contribution in [1.82, 2.24) is 0 Å². The van der Waals surface area contributed by atoms with E-state index in [4.69, 9.17) is 4.74 Å². The van der Waals surface area contributed by atoms with Crippen LogP contribution in [0.3, 0.4) is 0 Å². The molecule has 33 heavy (non-hydrogen) atoms. The number of ketones is 1. The van der Waals surface area contributed by atoms with Gasteiger partial charge in [0.2, 0.25) is 0 Å². The maximum absolute atomic E-state index is 13.6. The summed E-state index contributed by atoms with van der Waals surface area (Å²) in [6, 6.07) is 0. The van der Waals surface area contributed by atoms with Crippen molar-refractivity contribution in [2.75, 3.05) is 0 Å². The Hall–Kier alpha value is -1.12. The summed E-state index contributed by atoms with van der Waals surface area (Å²) in [6.07, 6.45) is 13.1. The number of fused-ring (bicyclic) bond motifs is 4. The Balaban J connectivity index is 1.52. The van der Waals surface area contributed by atoms with E-state index in [0.717, 1.165) is 44.9 Å². The Morgan fingerprint density at radius 1 is 0.909 bits per heavy atom. The van der Waals surface area contributed by atoms with Crippen molar-refractivity contribution < 1.29 is 14.3 Å². The van der Waals surface area contributed by atoms with Gasteiger partial charge in [0.25, 0.3) is 0 Å². The van der Waals surface area contributed by atoms with Gasteiger partial charge in [0, 0.05) is 23.2 Å². The van der Waals surface area contributed by atoms with Crippen LogP contribution in [0.2, 0.25) is 0 Å². The molecule has 0 aromatic rings. The van der Waals surface area contributed by atoms with Crippen molar-refractivity contribution in [1.29, 1.82) is 0 Å². The average molecular weight is 453 g/mol. The molecular formula is C30H44O3. The normalized spacial score (nSPS) is 58.6. The van der Waals surface area contributed by atoms with Gasteiger partial charge in [-0.05, 0) is 85.5 Å². The van der Waals surface area contributed by atoms with Crippen molar-refractivity contribution in [3.05, 3.63) is 12.2 Å². The van der Waals surface area contributed by atoms with Gasteiger partial charge in [-0.1, -0.05) is 54.5 Å². The number of hydrogen-bond donors (Lipinski definition) is 0. The molecule has 1 heterocycles. The molecule has 0 aromatic heterocycles. The third kappa shape index (κ3) is 2.17. The summed E-state index contributed by atoms with van der Waals surface area (Å²) in [6.45, 7) is 16.7. The van der Waals surface area contributed by atoms with Crippen molar-refractivity contribution in [3.63, 3.8) is 0 Å². The summed E-state index contributed by atoms with van der Waals surface area (Å²) in [7, 11) is 0. The molecule has 0 amide bonds. The van der Waals surface area contributed by atoms with Gasteiger partial charge in [0.1, 0.15) is 11.4 Å². The van der Waals surface area contributed by atoms with Crippen LogP contribution in [0.4, 0.5) is 0 Å². The average Bonchev–Trinajstić information content (AvgIpc) is 2.95. The van der Waals surface area contributed by atoms with Crippen LogP contribution < -0.4 is 0 Å². The maximum Gasteiger partial charge on any atom is 0.313 e. The monoisotopic (exact) mass is 452 g/mol. The summed E-state index contributed by atoms with van der Waals surface area (Å²) in [5.41, 5.74) is -0.850. The first-order valence-electron chi connectivity index (χ1n) is 13.8. The number of hydrogen-bond acceptors (Lipinski definition) is 3. The molecule has 2 bridgehead atoms. The third-order valence-electron chi connectivity index (χ3n) is 13.6. The molecule has 1 spiro atoms. The number of carbonyl (C=O) groups is 2. The molecule has 6 rings (SSSR count). The van der Waals surface area contributed by atoms with Gasteiger partial charge in [-0.25, -0.2) is 0 Å². The van der Waals surface area contributed by atoms with E-state index >= 15 is 0 Å². The second-order valence-corrected chi connectivity index (χ2v) is 14.5. The van der Waals surface area contributed by atoms with Gasteiger partial charge < -0.3 is 4.74 Å². The Bertz CT molecular complexity index is 964. The van der Waals surface area contributed by atoms with Gasteiger partial charge in [0.05, 0.1) is 5.41 Å². The molecule has 6 aliphatic rings. The molecule has 5 aliphatic carbocycles. The summed E-state index contributed by atoms with van der Waals surface area (Å²) < 4.78 is 6.70. The van der Waals surface area contributed by atoms with Crippen LogP contribution in [0.5, 0.6) is 0 Å². The topological polar surface area (TPSA) is 43.4 Å². The molecule has 3 nitrogen and oxygen atoms in total. The molecule has 10 atom stereocenters. The van der Waals surface area contributed by atoms with Crippen LogP contribution in [-0.4, -0.2) is 17.4 Å². The highest BCUT2D eigenvalue weighted by molar-refractivity contribution is 5.85. The van der Waals surface area contributed by atoms with Crippen molar-refractivity contribution in [2.45, 2.75) is 105 Å². The minimum atomic E-state index is -0.467. The number of esters is 1. The highest BCUT2D eigenvalue weighted by Crippen LogP contribution is 2.79. The zero-order chi connectivity index (χ0) is 23.8. The number of Topliss-reactive ketones (excluding diaryl/α,β-unsaturated/α-hetero) is 1. The highest BCUT2D eigenvalue weighted by atomic mass is 16.6. The lowest BCUT2D eigenvalue weighted by molar-refractivity contribution is -0.235. The van der Waals surface area contributed by atoms with E-state index in [9.17, 15) is 9.59 Å². The fourth-order valence-corrected chi connectivity index (χ4v) is 11.2. The summed E-state index contributed by atoms with van der Waals surface area (Å²) >= 11 is 0. The molecule has 182 valence electrons. The number of carbonyl (C=O) groups excluding carboxylic acids is 2. The Morgan fingerprint density at radius 2 is 1.64 bits per heavy atom. The zero-order valence-corrected chi connectivity index (χ0v) is 21.9. The fraction of sp³-hybridized carbons (Fsp3) is 0.867. The Morgan fingerprint density at radius 3 is 2.36 bits per heavy atom. The van der Waals surface area contributed by atoms with E-state index in [1.165, 1.54) is 0 Å². The summed E-state index contributed by atoms with van der Waals surface area (Å²) in [4.78, 5) is 26.6. The first-order valence-corrected chi connectivity index (χ1v) is 13.8. The second-order valence-electron chi connectivity index (χ2n) is 14.5. The molecular weight excluding hydrogens is 408 g/mol. The predicted molar refractivity (Wildman–Crippen MR) is 129 cm³/mol. The number of ether oxygens (including phenoxy) is 1. The van der Waals surface area contributed by atoms with Crippen LogP contribution in [0.25, 0.3) is 0 Å². The number of rotatable bonds is 0. The molecule has 0 unspecified atom stereocenters. The Kier molecular flexibility index (Phi) is 4.17. The second kappa shape index (κ2) is 6.16. The Labute approximate surface area is 200 Å². The van der Waals surface area contributed by atoms with Gasteiger partial charge in [-0.3, -0.25) is 9.59 Å². The van der Waals surface area contributed by atoms with Crippen molar-refractivity contribution >= 4 is 11.8 Å². The SMILES string of the molecule is C[C@H]1[C@H](C)CC[C@@]23CC[C@]4(C)[C@@](C=C[C@H]5[C@@]6(C)CCC(=O)C(C)(C)[C@@H]6CC[C@]54C)(OC2=O)[C@H]13. The van der Waals surface area contributed by atoms with Crippen LogP contribution >= 0.6 is 0 Å². The standard InChI is InChI=1S/C30H44O3/c1-18-8-14-29-17-16-28(7)27(6)13-9-20-25(3,4)22(31)11-12-26(20,5)21(27)10-15-30(28,33-24(29)32)23(29)19(18)2/h10,15,18-21,23H,8-9,11-14,16-17H2,1-7H3/t18-,19+,20+,21+,23-,26+,27-,28+,29+,30+/m1/s1. The van der Waals surface area contributed by atoms with E-state index in [1.54, 1.807) is 0 Å². The zero-order valence-electron chi connectivity index (χ0n) is 21.9. The van der Waals surface area contributed by atoms with Crippen LogP contribution in [0.1, 0.15) is 99.8 Å². The van der Waals surface area contributed by atoms with E-state index in [1.807, 2.05) is 0 Å². The summed E-state index contributed by atoms with van der Waals surface area (Å²) in [5, 5.41) is 0. The lowest BCUT2D eigenvalue weighted by Crippen LogP contribution is -2.70. The van der Waals surface area contributed by atoms with E-state index in [2.05, 4.69) is 60.6 Å². The third-order valence-corrected chi connectivity index (χ3v) is 13.6. The molecule has 3 heteroatoms. The van der Waals surface area contributed by atoms with Crippen molar-refractivity contribution in [2.24, 2.45) is 56.7 Å². The smallest absolute Gasteiger partial charge is 0.313 e. The fourth-order valence-electron chi connectivity index (χ4n) is 11.2. The first-order chi connectivity index (χ1) is 15.3. The molecule has 0 aromatic carbocycles. The van der Waals surface area contributed by atoms with E-state index in [-0.39, 0.29) is 33.0 Å². The lowest BCUT2D eigenvalue weighted by Gasteiger charge is -2.71. The molecule has 1 aliphatic heterocycles. The van der Waals surface area contributed by atoms with Gasteiger partial charge >= 0.3 is 5.97 Å². The van der Waals surface area contributed by atoms with Crippen molar-refractivity contribution in [3.8, 4) is 0 Å². The quantitative estimate of drug-likeness (QED) is 0.302. The number of allylic oxidation sites excluding steroid dienone is 1.